The minimum Gasteiger partial charge on any atom is -0.365 e. The minimum absolute atomic E-state index is 0.254. The first-order chi connectivity index (χ1) is 7.25. The van der Waals surface area contributed by atoms with E-state index < -0.39 is 0 Å². The quantitative estimate of drug-likeness (QED) is 0.807. The molecule has 3 heteroatoms. The summed E-state index contributed by atoms with van der Waals surface area (Å²) >= 11 is 0. The zero-order valence-corrected chi connectivity index (χ0v) is 9.04. The summed E-state index contributed by atoms with van der Waals surface area (Å²) in [5.41, 5.74) is 0. The van der Waals surface area contributed by atoms with Crippen LogP contribution in [0.2, 0.25) is 0 Å². The topological polar surface area (TPSA) is 24.9 Å². The Balaban J connectivity index is 1.95. The number of pyridine rings is 1. The molecule has 1 heterocycles. The predicted octanol–water partition coefficient (Wildman–Crippen LogP) is 3.21. The fourth-order valence-corrected chi connectivity index (χ4v) is 2.09. The highest BCUT2D eigenvalue weighted by Crippen LogP contribution is 2.25. The second-order valence-corrected chi connectivity index (χ2v) is 4.43. The molecule has 1 aliphatic carbocycles. The first-order valence-electron chi connectivity index (χ1n) is 5.63. The molecule has 0 saturated heterocycles. The summed E-state index contributed by atoms with van der Waals surface area (Å²) in [4.78, 5) is 4.01. The van der Waals surface area contributed by atoms with E-state index in [0.717, 1.165) is 18.8 Å². The predicted molar refractivity (Wildman–Crippen MR) is 59.2 cm³/mol. The fourth-order valence-electron chi connectivity index (χ4n) is 2.09. The van der Waals surface area contributed by atoms with E-state index in [4.69, 9.17) is 0 Å². The molecule has 1 aromatic rings. The van der Waals surface area contributed by atoms with Crippen LogP contribution in [-0.2, 0) is 0 Å². The number of aromatic nitrogens is 1. The van der Waals surface area contributed by atoms with Gasteiger partial charge in [-0.3, -0.25) is 0 Å². The van der Waals surface area contributed by atoms with E-state index in [1.165, 1.54) is 18.9 Å². The number of nitrogens with zero attached hydrogens (tertiary/aromatic N) is 1. The van der Waals surface area contributed by atoms with Crippen molar-refractivity contribution in [1.29, 1.82) is 0 Å². The zero-order chi connectivity index (χ0) is 10.7. The van der Waals surface area contributed by atoms with Crippen molar-refractivity contribution >= 4 is 5.82 Å². The summed E-state index contributed by atoms with van der Waals surface area (Å²) in [6, 6.07) is 3.45. The summed E-state index contributed by atoms with van der Waals surface area (Å²) in [5, 5.41) is 3.18. The molecule has 0 atom stereocenters. The number of halogens is 1. The van der Waals surface area contributed by atoms with Gasteiger partial charge in [0.1, 0.15) is 0 Å². The van der Waals surface area contributed by atoms with Crippen LogP contribution in [0.4, 0.5) is 10.2 Å². The molecule has 82 valence electrons. The Kier molecular flexibility index (Phi) is 3.19. The monoisotopic (exact) mass is 208 g/mol. The first-order valence-corrected chi connectivity index (χ1v) is 5.63. The summed E-state index contributed by atoms with van der Waals surface area (Å²) < 4.78 is 13.3. The van der Waals surface area contributed by atoms with E-state index in [1.807, 2.05) is 0 Å². The Morgan fingerprint density at radius 1 is 1.33 bits per heavy atom. The Labute approximate surface area is 89.9 Å². The van der Waals surface area contributed by atoms with E-state index in [0.29, 0.717) is 11.9 Å². The van der Waals surface area contributed by atoms with Crippen molar-refractivity contribution in [3.63, 3.8) is 0 Å². The maximum absolute atomic E-state index is 13.3. The SMILES string of the molecule is CC1CCC(Nc2ncccc2F)CC1. The Morgan fingerprint density at radius 2 is 2.07 bits per heavy atom. The summed E-state index contributed by atoms with van der Waals surface area (Å²) in [5.74, 6) is 0.963. The standard InChI is InChI=1S/C12H17FN2/c1-9-4-6-10(7-5-9)15-12-11(13)3-2-8-14-12/h2-3,8-10H,4-7H2,1H3,(H,14,15). The zero-order valence-electron chi connectivity index (χ0n) is 9.04. The molecular weight excluding hydrogens is 191 g/mol. The van der Waals surface area contributed by atoms with Gasteiger partial charge in [-0.15, -0.1) is 0 Å². The lowest BCUT2D eigenvalue weighted by Crippen LogP contribution is -2.26. The minimum atomic E-state index is -0.254. The number of rotatable bonds is 2. The molecule has 0 unspecified atom stereocenters. The Morgan fingerprint density at radius 3 is 2.73 bits per heavy atom. The van der Waals surface area contributed by atoms with Gasteiger partial charge in [-0.25, -0.2) is 9.37 Å². The third kappa shape index (κ3) is 2.67. The molecule has 1 aliphatic rings. The lowest BCUT2D eigenvalue weighted by Gasteiger charge is -2.27. The number of anilines is 1. The molecular formula is C12H17FN2. The van der Waals surface area contributed by atoms with Crippen LogP contribution in [0.1, 0.15) is 32.6 Å². The molecule has 0 radical (unpaired) electrons. The van der Waals surface area contributed by atoms with E-state index in [-0.39, 0.29) is 5.82 Å². The summed E-state index contributed by atoms with van der Waals surface area (Å²) in [6.45, 7) is 2.28. The second kappa shape index (κ2) is 4.60. The number of hydrogen-bond donors (Lipinski definition) is 1. The van der Waals surface area contributed by atoms with Crippen LogP contribution >= 0.6 is 0 Å². The average Bonchev–Trinajstić information content (AvgIpc) is 2.25. The molecule has 0 aliphatic heterocycles. The largest absolute Gasteiger partial charge is 0.365 e. The normalized spacial score (nSPS) is 26.3. The highest BCUT2D eigenvalue weighted by molar-refractivity contribution is 5.36. The van der Waals surface area contributed by atoms with Crippen molar-refractivity contribution in [3.05, 3.63) is 24.1 Å². The molecule has 1 fully saturated rings. The highest BCUT2D eigenvalue weighted by Gasteiger charge is 2.18. The lowest BCUT2D eigenvalue weighted by molar-refractivity contribution is 0.360. The van der Waals surface area contributed by atoms with Gasteiger partial charge in [-0.1, -0.05) is 6.92 Å². The summed E-state index contributed by atoms with van der Waals surface area (Å²) in [6.07, 6.45) is 6.32. The molecule has 15 heavy (non-hydrogen) atoms. The molecule has 1 aromatic heterocycles. The third-order valence-corrected chi connectivity index (χ3v) is 3.12. The molecule has 1 N–H and O–H groups in total. The van der Waals surface area contributed by atoms with E-state index in [1.54, 1.807) is 12.3 Å². The maximum Gasteiger partial charge on any atom is 0.165 e. The van der Waals surface area contributed by atoms with Gasteiger partial charge in [-0.05, 0) is 43.7 Å². The molecule has 1 saturated carbocycles. The van der Waals surface area contributed by atoms with Crippen molar-refractivity contribution < 1.29 is 4.39 Å². The van der Waals surface area contributed by atoms with Crippen molar-refractivity contribution in [2.45, 2.75) is 38.6 Å². The van der Waals surface area contributed by atoms with Gasteiger partial charge in [0, 0.05) is 12.2 Å². The van der Waals surface area contributed by atoms with Crippen LogP contribution < -0.4 is 5.32 Å². The van der Waals surface area contributed by atoms with Crippen LogP contribution in [0.3, 0.4) is 0 Å². The van der Waals surface area contributed by atoms with Crippen LogP contribution in [0.25, 0.3) is 0 Å². The first kappa shape index (κ1) is 10.4. The van der Waals surface area contributed by atoms with Gasteiger partial charge in [-0.2, -0.15) is 0 Å². The van der Waals surface area contributed by atoms with Crippen LogP contribution in [0, 0.1) is 11.7 Å². The average molecular weight is 208 g/mol. The molecule has 2 rings (SSSR count). The van der Waals surface area contributed by atoms with Gasteiger partial charge in [0.2, 0.25) is 0 Å². The number of hydrogen-bond acceptors (Lipinski definition) is 2. The van der Waals surface area contributed by atoms with Gasteiger partial charge in [0.05, 0.1) is 0 Å². The van der Waals surface area contributed by atoms with Crippen LogP contribution in [0.5, 0.6) is 0 Å². The van der Waals surface area contributed by atoms with E-state index in [9.17, 15) is 4.39 Å². The van der Waals surface area contributed by atoms with E-state index >= 15 is 0 Å². The Hall–Kier alpha value is -1.12. The second-order valence-electron chi connectivity index (χ2n) is 4.43. The van der Waals surface area contributed by atoms with Gasteiger partial charge >= 0.3 is 0 Å². The molecule has 0 amide bonds. The van der Waals surface area contributed by atoms with Crippen LogP contribution in [0.15, 0.2) is 18.3 Å². The van der Waals surface area contributed by atoms with Gasteiger partial charge < -0.3 is 5.32 Å². The molecule has 0 bridgehead atoms. The van der Waals surface area contributed by atoms with Crippen molar-refractivity contribution in [2.75, 3.05) is 5.32 Å². The maximum atomic E-state index is 13.3. The fraction of sp³-hybridized carbons (Fsp3) is 0.583. The van der Waals surface area contributed by atoms with E-state index in [2.05, 4.69) is 17.2 Å². The van der Waals surface area contributed by atoms with Gasteiger partial charge in [0.25, 0.3) is 0 Å². The molecule has 2 nitrogen and oxygen atoms in total. The smallest absolute Gasteiger partial charge is 0.165 e. The number of nitrogens with one attached hydrogen (secondary N) is 1. The Bertz CT molecular complexity index is 319. The van der Waals surface area contributed by atoms with Crippen molar-refractivity contribution in [3.8, 4) is 0 Å². The highest BCUT2D eigenvalue weighted by atomic mass is 19.1. The molecule has 0 aromatic carbocycles. The van der Waals surface area contributed by atoms with Crippen molar-refractivity contribution in [1.82, 2.24) is 4.98 Å². The van der Waals surface area contributed by atoms with Crippen molar-refractivity contribution in [2.24, 2.45) is 5.92 Å². The lowest BCUT2D eigenvalue weighted by atomic mass is 9.87. The third-order valence-electron chi connectivity index (χ3n) is 3.12. The van der Waals surface area contributed by atoms with Gasteiger partial charge in [0.15, 0.2) is 11.6 Å². The van der Waals surface area contributed by atoms with Crippen LogP contribution in [-0.4, -0.2) is 11.0 Å². The summed E-state index contributed by atoms with van der Waals surface area (Å²) in [7, 11) is 0. The molecule has 0 spiro atoms.